The Kier molecular flexibility index (Phi) is 5.77. The monoisotopic (exact) mass is 292 g/mol. The predicted molar refractivity (Wildman–Crippen MR) is 69.4 cm³/mol. The van der Waals surface area contributed by atoms with E-state index in [0.717, 1.165) is 24.0 Å². The molecule has 18 heavy (non-hydrogen) atoms. The first-order chi connectivity index (χ1) is 8.42. The Bertz CT molecular complexity index is 489. The second-order valence-corrected chi connectivity index (χ2v) is 6.55. The predicted octanol–water partition coefficient (Wildman–Crippen LogP) is 1.83. The number of carbonyl (C=O) groups excluding carboxylic acids is 1. The molecule has 0 aliphatic heterocycles. The number of rotatable bonds is 7. The molecule has 0 bridgehead atoms. The van der Waals surface area contributed by atoms with Crippen LogP contribution in [-0.4, -0.2) is 34.4 Å². The minimum absolute atomic E-state index is 0.202. The summed E-state index contributed by atoms with van der Waals surface area (Å²) in [5.41, 5.74) is 0. The van der Waals surface area contributed by atoms with E-state index in [1.54, 1.807) is 6.07 Å². The average molecular weight is 292 g/mol. The van der Waals surface area contributed by atoms with Gasteiger partial charge in [-0.15, -0.1) is 11.3 Å². The lowest BCUT2D eigenvalue weighted by Crippen LogP contribution is -2.04. The summed E-state index contributed by atoms with van der Waals surface area (Å²) >= 11 is 1.40. The van der Waals surface area contributed by atoms with Crippen LogP contribution in [0.4, 0.5) is 0 Å². The molecular formula is C11H16O5S2. The molecule has 1 aromatic heterocycles. The largest absolute Gasteiger partial charge is 0.465 e. The fourth-order valence-electron chi connectivity index (χ4n) is 1.33. The summed E-state index contributed by atoms with van der Waals surface area (Å²) in [6.45, 7) is 0.202. The Morgan fingerprint density at radius 1 is 1.33 bits per heavy atom. The quantitative estimate of drug-likeness (QED) is 0.435. The van der Waals surface area contributed by atoms with Crippen molar-refractivity contribution in [2.45, 2.75) is 19.3 Å². The van der Waals surface area contributed by atoms with Gasteiger partial charge in [-0.2, -0.15) is 8.42 Å². The molecule has 1 rings (SSSR count). The normalized spacial score (nSPS) is 11.4. The van der Waals surface area contributed by atoms with Crippen LogP contribution in [0, 0.1) is 0 Å². The lowest BCUT2D eigenvalue weighted by Gasteiger charge is -2.00. The van der Waals surface area contributed by atoms with Crippen LogP contribution in [0.25, 0.3) is 0 Å². The maximum atomic E-state index is 11.2. The zero-order chi connectivity index (χ0) is 13.6. The van der Waals surface area contributed by atoms with E-state index in [4.69, 9.17) is 0 Å². The van der Waals surface area contributed by atoms with Crippen molar-refractivity contribution in [2.24, 2.45) is 0 Å². The molecule has 1 heterocycles. The van der Waals surface area contributed by atoms with Gasteiger partial charge in [0.2, 0.25) is 0 Å². The number of thiophene rings is 1. The Balaban J connectivity index is 2.28. The van der Waals surface area contributed by atoms with Crippen molar-refractivity contribution in [1.29, 1.82) is 0 Å². The van der Waals surface area contributed by atoms with E-state index in [1.165, 1.54) is 18.4 Å². The summed E-state index contributed by atoms with van der Waals surface area (Å²) in [7, 11) is -1.99. The molecule has 0 saturated carbocycles. The van der Waals surface area contributed by atoms with Gasteiger partial charge in [-0.3, -0.25) is 4.18 Å². The molecule has 5 nitrogen and oxygen atoms in total. The number of unbranched alkanes of at least 4 members (excludes halogenated alkanes) is 1. The van der Waals surface area contributed by atoms with Crippen molar-refractivity contribution in [3.05, 3.63) is 21.9 Å². The van der Waals surface area contributed by atoms with Crippen LogP contribution in [0.3, 0.4) is 0 Å². The Labute approximate surface area is 111 Å². The summed E-state index contributed by atoms with van der Waals surface area (Å²) in [6.07, 6.45) is 3.32. The van der Waals surface area contributed by atoms with Gasteiger partial charge in [-0.05, 0) is 31.4 Å². The van der Waals surface area contributed by atoms with E-state index in [2.05, 4.69) is 8.92 Å². The molecule has 102 valence electrons. The first-order valence-electron chi connectivity index (χ1n) is 5.44. The fourth-order valence-corrected chi connectivity index (χ4v) is 2.72. The molecule has 0 saturated heterocycles. The first-order valence-corrected chi connectivity index (χ1v) is 8.07. The third kappa shape index (κ3) is 5.61. The van der Waals surface area contributed by atoms with Crippen molar-refractivity contribution in [1.82, 2.24) is 0 Å². The second kappa shape index (κ2) is 6.86. The number of carbonyl (C=O) groups is 1. The molecular weight excluding hydrogens is 276 g/mol. The van der Waals surface area contributed by atoms with Gasteiger partial charge in [-0.1, -0.05) is 0 Å². The van der Waals surface area contributed by atoms with Crippen LogP contribution in [-0.2, 0) is 25.5 Å². The van der Waals surface area contributed by atoms with Crippen molar-refractivity contribution in [3.63, 3.8) is 0 Å². The molecule has 0 amide bonds. The average Bonchev–Trinajstić information content (AvgIpc) is 2.75. The van der Waals surface area contributed by atoms with Crippen LogP contribution in [0.1, 0.15) is 27.4 Å². The van der Waals surface area contributed by atoms with Crippen LogP contribution >= 0.6 is 11.3 Å². The SMILES string of the molecule is COC(=O)c1ccc(CCCCOS(C)(=O)=O)s1. The molecule has 0 spiro atoms. The summed E-state index contributed by atoms with van der Waals surface area (Å²) < 4.78 is 30.7. The van der Waals surface area contributed by atoms with E-state index in [0.29, 0.717) is 11.3 Å². The highest BCUT2D eigenvalue weighted by Gasteiger charge is 2.08. The zero-order valence-electron chi connectivity index (χ0n) is 10.3. The highest BCUT2D eigenvalue weighted by Crippen LogP contribution is 2.19. The lowest BCUT2D eigenvalue weighted by atomic mass is 10.2. The van der Waals surface area contributed by atoms with Gasteiger partial charge in [0.15, 0.2) is 0 Å². The molecule has 0 fully saturated rings. The highest BCUT2D eigenvalue weighted by atomic mass is 32.2. The molecule has 0 aliphatic carbocycles. The Morgan fingerprint density at radius 3 is 2.67 bits per heavy atom. The van der Waals surface area contributed by atoms with E-state index in [1.807, 2.05) is 6.07 Å². The smallest absolute Gasteiger partial charge is 0.348 e. The standard InChI is InChI=1S/C11H16O5S2/c1-15-11(12)10-7-6-9(17-10)5-3-4-8-16-18(2,13)14/h6-7H,3-5,8H2,1-2H3. The maximum absolute atomic E-state index is 11.2. The Morgan fingerprint density at radius 2 is 2.06 bits per heavy atom. The van der Waals surface area contributed by atoms with Gasteiger partial charge >= 0.3 is 5.97 Å². The molecule has 0 aliphatic rings. The topological polar surface area (TPSA) is 69.7 Å². The summed E-state index contributed by atoms with van der Waals surface area (Å²) in [6, 6.07) is 3.62. The molecule has 0 unspecified atom stereocenters. The van der Waals surface area contributed by atoms with Crippen molar-refractivity contribution < 1.29 is 22.1 Å². The fraction of sp³-hybridized carbons (Fsp3) is 0.545. The van der Waals surface area contributed by atoms with Gasteiger partial charge < -0.3 is 4.74 Å². The van der Waals surface area contributed by atoms with E-state index >= 15 is 0 Å². The number of aryl methyl sites for hydroxylation is 1. The number of hydrogen-bond acceptors (Lipinski definition) is 6. The van der Waals surface area contributed by atoms with Crippen LogP contribution in [0.5, 0.6) is 0 Å². The van der Waals surface area contributed by atoms with Gasteiger partial charge in [0, 0.05) is 4.88 Å². The summed E-state index contributed by atoms with van der Waals surface area (Å²) in [4.78, 5) is 12.9. The molecule has 0 atom stereocenters. The van der Waals surface area contributed by atoms with Crippen LogP contribution < -0.4 is 0 Å². The second-order valence-electron chi connectivity index (χ2n) is 3.74. The summed E-state index contributed by atoms with van der Waals surface area (Å²) in [5, 5.41) is 0. The minimum Gasteiger partial charge on any atom is -0.465 e. The zero-order valence-corrected chi connectivity index (χ0v) is 12.0. The van der Waals surface area contributed by atoms with Crippen molar-refractivity contribution >= 4 is 27.4 Å². The molecule has 0 N–H and O–H groups in total. The van der Waals surface area contributed by atoms with E-state index in [9.17, 15) is 13.2 Å². The highest BCUT2D eigenvalue weighted by molar-refractivity contribution is 7.85. The van der Waals surface area contributed by atoms with Gasteiger partial charge in [0.1, 0.15) is 4.88 Å². The molecule has 0 aromatic carbocycles. The third-order valence-corrected chi connectivity index (χ3v) is 3.88. The van der Waals surface area contributed by atoms with E-state index in [-0.39, 0.29) is 12.6 Å². The van der Waals surface area contributed by atoms with Gasteiger partial charge in [0.25, 0.3) is 10.1 Å². The third-order valence-electron chi connectivity index (χ3n) is 2.16. The Hall–Kier alpha value is -0.920. The maximum Gasteiger partial charge on any atom is 0.348 e. The van der Waals surface area contributed by atoms with E-state index < -0.39 is 10.1 Å². The van der Waals surface area contributed by atoms with Crippen molar-refractivity contribution in [2.75, 3.05) is 20.0 Å². The number of hydrogen-bond donors (Lipinski definition) is 0. The van der Waals surface area contributed by atoms with Gasteiger partial charge in [-0.25, -0.2) is 4.79 Å². The number of esters is 1. The minimum atomic E-state index is -3.34. The molecule has 7 heteroatoms. The molecule has 0 radical (unpaired) electrons. The summed E-state index contributed by atoms with van der Waals surface area (Å²) in [5.74, 6) is -0.327. The lowest BCUT2D eigenvalue weighted by molar-refractivity contribution is 0.0606. The van der Waals surface area contributed by atoms with Gasteiger partial charge in [0.05, 0.1) is 20.0 Å². The van der Waals surface area contributed by atoms with Crippen LogP contribution in [0.15, 0.2) is 12.1 Å². The van der Waals surface area contributed by atoms with Crippen molar-refractivity contribution in [3.8, 4) is 0 Å². The van der Waals surface area contributed by atoms with Crippen LogP contribution in [0.2, 0.25) is 0 Å². The number of ether oxygens (including phenoxy) is 1. The number of methoxy groups -OCH3 is 1. The molecule has 1 aromatic rings. The first kappa shape index (κ1) is 15.1.